The highest BCUT2D eigenvalue weighted by Gasteiger charge is 2.08. The number of guanidine groups is 1. The molecule has 0 amide bonds. The summed E-state index contributed by atoms with van der Waals surface area (Å²) in [5, 5.41) is 10.2. The molecule has 0 spiro atoms. The first kappa shape index (κ1) is 20.1. The van der Waals surface area contributed by atoms with Crippen LogP contribution in [-0.4, -0.2) is 43.9 Å². The number of nitrogens with zero attached hydrogens (tertiary/aromatic N) is 3. The second-order valence-electron chi connectivity index (χ2n) is 5.70. The van der Waals surface area contributed by atoms with Crippen molar-refractivity contribution in [3.8, 4) is 0 Å². The van der Waals surface area contributed by atoms with Crippen molar-refractivity contribution < 1.29 is 0 Å². The SMILES string of the molecule is CN=C(NCc1csc(N(C)C)n1)NCC(C)Sc1ccc(Br)cc1. The Kier molecular flexibility index (Phi) is 8.05. The Morgan fingerprint density at radius 3 is 2.64 bits per heavy atom. The van der Waals surface area contributed by atoms with E-state index in [0.29, 0.717) is 11.8 Å². The van der Waals surface area contributed by atoms with E-state index in [0.717, 1.165) is 27.8 Å². The van der Waals surface area contributed by atoms with Crippen LogP contribution < -0.4 is 15.5 Å². The Balaban J connectivity index is 1.76. The van der Waals surface area contributed by atoms with Crippen molar-refractivity contribution >= 4 is 50.1 Å². The minimum absolute atomic E-state index is 0.430. The van der Waals surface area contributed by atoms with Crippen molar-refractivity contribution in [2.24, 2.45) is 4.99 Å². The molecular formula is C17H24BrN5S2. The van der Waals surface area contributed by atoms with Crippen LogP contribution in [0.15, 0.2) is 44.0 Å². The number of aromatic nitrogens is 1. The van der Waals surface area contributed by atoms with Crippen LogP contribution in [0.4, 0.5) is 5.13 Å². The lowest BCUT2D eigenvalue weighted by molar-refractivity contribution is 0.782. The molecule has 2 N–H and O–H groups in total. The van der Waals surface area contributed by atoms with Gasteiger partial charge in [0.1, 0.15) is 0 Å². The number of benzene rings is 1. The van der Waals surface area contributed by atoms with Gasteiger partial charge >= 0.3 is 0 Å². The molecule has 0 aliphatic rings. The van der Waals surface area contributed by atoms with E-state index >= 15 is 0 Å². The summed E-state index contributed by atoms with van der Waals surface area (Å²) in [6.45, 7) is 3.70. The number of halogens is 1. The quantitative estimate of drug-likeness (QED) is 0.388. The van der Waals surface area contributed by atoms with Gasteiger partial charge in [-0.05, 0) is 24.3 Å². The van der Waals surface area contributed by atoms with Gasteiger partial charge in [-0.3, -0.25) is 4.99 Å². The molecule has 0 saturated heterocycles. The maximum atomic E-state index is 4.57. The number of thioether (sulfide) groups is 1. The first-order chi connectivity index (χ1) is 12.0. The number of aliphatic imine (C=N–C) groups is 1. The lowest BCUT2D eigenvalue weighted by Gasteiger charge is -2.15. The lowest BCUT2D eigenvalue weighted by atomic mass is 10.4. The van der Waals surface area contributed by atoms with E-state index in [4.69, 9.17) is 0 Å². The number of hydrogen-bond acceptors (Lipinski definition) is 5. The van der Waals surface area contributed by atoms with Gasteiger partial charge in [0.2, 0.25) is 0 Å². The number of rotatable bonds is 7. The monoisotopic (exact) mass is 441 g/mol. The van der Waals surface area contributed by atoms with Crippen molar-refractivity contribution in [1.29, 1.82) is 0 Å². The molecule has 0 fully saturated rings. The van der Waals surface area contributed by atoms with Gasteiger partial charge in [0.05, 0.1) is 12.2 Å². The summed E-state index contributed by atoms with van der Waals surface area (Å²) in [5.74, 6) is 0.794. The fourth-order valence-electron chi connectivity index (χ4n) is 2.01. The van der Waals surface area contributed by atoms with E-state index in [-0.39, 0.29) is 0 Å². The van der Waals surface area contributed by atoms with Gasteiger partial charge in [-0.25, -0.2) is 4.98 Å². The third kappa shape index (κ3) is 6.87. The van der Waals surface area contributed by atoms with Crippen molar-refractivity contribution in [3.63, 3.8) is 0 Å². The Morgan fingerprint density at radius 2 is 2.04 bits per heavy atom. The molecule has 8 heteroatoms. The standard InChI is InChI=1S/C17H24BrN5S2/c1-12(25-15-7-5-13(18)6-8-15)9-20-16(19-2)21-10-14-11-24-17(22-14)23(3)4/h5-8,11-12H,9-10H2,1-4H3,(H2,19,20,21). The molecule has 5 nitrogen and oxygen atoms in total. The highest BCUT2D eigenvalue weighted by atomic mass is 79.9. The summed E-state index contributed by atoms with van der Waals surface area (Å²) in [6.07, 6.45) is 0. The first-order valence-electron chi connectivity index (χ1n) is 7.96. The molecule has 1 heterocycles. The smallest absolute Gasteiger partial charge is 0.191 e. The Morgan fingerprint density at radius 1 is 1.32 bits per heavy atom. The summed E-state index contributed by atoms with van der Waals surface area (Å²) in [7, 11) is 5.79. The third-order valence-electron chi connectivity index (χ3n) is 3.29. The maximum absolute atomic E-state index is 4.57. The Hall–Kier alpha value is -1.25. The molecule has 1 aromatic carbocycles. The highest BCUT2D eigenvalue weighted by Crippen LogP contribution is 2.24. The first-order valence-corrected chi connectivity index (χ1v) is 10.5. The average Bonchev–Trinajstić information content (AvgIpc) is 3.06. The molecule has 0 aliphatic heterocycles. The van der Waals surface area contributed by atoms with E-state index < -0.39 is 0 Å². The summed E-state index contributed by atoms with van der Waals surface area (Å²) >= 11 is 6.95. The van der Waals surface area contributed by atoms with Gasteiger partial charge < -0.3 is 15.5 Å². The van der Waals surface area contributed by atoms with Crippen LogP contribution in [0.2, 0.25) is 0 Å². The Labute approximate surface area is 166 Å². The second-order valence-corrected chi connectivity index (χ2v) is 8.97. The lowest BCUT2D eigenvalue weighted by Crippen LogP contribution is -2.39. The van der Waals surface area contributed by atoms with E-state index in [1.807, 2.05) is 30.8 Å². The molecule has 25 heavy (non-hydrogen) atoms. The fraction of sp³-hybridized carbons (Fsp3) is 0.412. The molecule has 1 aromatic heterocycles. The van der Waals surface area contributed by atoms with Gasteiger partial charge in [0, 0.05) is 47.7 Å². The molecular weight excluding hydrogens is 418 g/mol. The van der Waals surface area contributed by atoms with Crippen molar-refractivity contribution in [2.75, 3.05) is 32.6 Å². The van der Waals surface area contributed by atoms with Crippen LogP contribution in [0.1, 0.15) is 12.6 Å². The van der Waals surface area contributed by atoms with E-state index in [9.17, 15) is 0 Å². The van der Waals surface area contributed by atoms with Crippen molar-refractivity contribution in [2.45, 2.75) is 23.6 Å². The molecule has 2 aromatic rings. The van der Waals surface area contributed by atoms with Crippen LogP contribution in [0.5, 0.6) is 0 Å². The summed E-state index contributed by atoms with van der Waals surface area (Å²) < 4.78 is 1.10. The minimum atomic E-state index is 0.430. The zero-order valence-corrected chi connectivity index (χ0v) is 18.1. The van der Waals surface area contributed by atoms with Gasteiger partial charge in [-0.15, -0.1) is 23.1 Å². The van der Waals surface area contributed by atoms with E-state index in [1.54, 1.807) is 18.4 Å². The number of anilines is 1. The Bertz CT molecular complexity index is 685. The van der Waals surface area contributed by atoms with E-state index in [2.05, 4.69) is 73.1 Å². The molecule has 136 valence electrons. The predicted molar refractivity (Wildman–Crippen MR) is 114 cm³/mol. The van der Waals surface area contributed by atoms with Gasteiger partial charge in [0.15, 0.2) is 11.1 Å². The maximum Gasteiger partial charge on any atom is 0.191 e. The van der Waals surface area contributed by atoms with Crippen molar-refractivity contribution in [3.05, 3.63) is 39.8 Å². The topological polar surface area (TPSA) is 52.6 Å². The largest absolute Gasteiger partial charge is 0.355 e. The van der Waals surface area contributed by atoms with Crippen LogP contribution in [-0.2, 0) is 6.54 Å². The molecule has 0 radical (unpaired) electrons. The summed E-state index contributed by atoms with van der Waals surface area (Å²) in [4.78, 5) is 12.1. The summed E-state index contributed by atoms with van der Waals surface area (Å²) in [6, 6.07) is 8.39. The van der Waals surface area contributed by atoms with Gasteiger partial charge in [-0.1, -0.05) is 22.9 Å². The van der Waals surface area contributed by atoms with Crippen LogP contribution in [0, 0.1) is 0 Å². The summed E-state index contributed by atoms with van der Waals surface area (Å²) in [5.41, 5.74) is 1.02. The molecule has 0 aliphatic carbocycles. The number of nitrogens with one attached hydrogen (secondary N) is 2. The molecule has 1 atom stereocenters. The molecule has 0 saturated carbocycles. The van der Waals surface area contributed by atoms with E-state index in [1.165, 1.54) is 4.90 Å². The third-order valence-corrected chi connectivity index (χ3v) is 5.99. The average molecular weight is 442 g/mol. The van der Waals surface area contributed by atoms with Crippen molar-refractivity contribution in [1.82, 2.24) is 15.6 Å². The van der Waals surface area contributed by atoms with Crippen LogP contribution in [0.25, 0.3) is 0 Å². The number of thiazole rings is 1. The van der Waals surface area contributed by atoms with Crippen LogP contribution >= 0.6 is 39.0 Å². The molecule has 0 bridgehead atoms. The number of hydrogen-bond donors (Lipinski definition) is 2. The highest BCUT2D eigenvalue weighted by molar-refractivity contribution is 9.10. The fourth-order valence-corrected chi connectivity index (χ4v) is 3.95. The normalized spacial score (nSPS) is 12.8. The minimum Gasteiger partial charge on any atom is -0.355 e. The zero-order chi connectivity index (χ0) is 18.2. The van der Waals surface area contributed by atoms with Crippen LogP contribution in [0.3, 0.4) is 0 Å². The zero-order valence-electron chi connectivity index (χ0n) is 14.9. The van der Waals surface area contributed by atoms with Gasteiger partial charge in [0.25, 0.3) is 0 Å². The predicted octanol–water partition coefficient (Wildman–Crippen LogP) is 3.82. The molecule has 2 rings (SSSR count). The second kappa shape index (κ2) is 10.0. The molecule has 1 unspecified atom stereocenters. The van der Waals surface area contributed by atoms with Gasteiger partial charge in [-0.2, -0.15) is 0 Å².